The van der Waals surface area contributed by atoms with E-state index in [9.17, 15) is 0 Å². The molecule has 0 amide bonds. The second-order valence-corrected chi connectivity index (χ2v) is 8.01. The van der Waals surface area contributed by atoms with Crippen LogP contribution in [0.3, 0.4) is 0 Å². The summed E-state index contributed by atoms with van der Waals surface area (Å²) >= 11 is 0. The van der Waals surface area contributed by atoms with Crippen LogP contribution in [0.4, 0.5) is 0 Å². The molecule has 1 saturated carbocycles. The molecule has 118 valence electrons. The average molecular weight is 288 g/mol. The lowest BCUT2D eigenvalue weighted by Gasteiger charge is -2.44. The van der Waals surface area contributed by atoms with Crippen LogP contribution in [0, 0.1) is 18.3 Å². The van der Waals surface area contributed by atoms with Crippen LogP contribution in [0.2, 0.25) is 0 Å². The van der Waals surface area contributed by atoms with E-state index in [4.69, 9.17) is 5.73 Å². The fraction of sp³-hybridized carbons (Fsp3) is 0.684. The molecule has 1 aliphatic rings. The van der Waals surface area contributed by atoms with Gasteiger partial charge in [-0.25, -0.2) is 0 Å². The van der Waals surface area contributed by atoms with Crippen molar-refractivity contribution in [2.24, 2.45) is 17.1 Å². The SMILES string of the molecule is Cc1cccc(CN(C)C2CC(C(C)(C)C)CCC2N)c1. The lowest BCUT2D eigenvalue weighted by Crippen LogP contribution is -2.51. The minimum absolute atomic E-state index is 0.318. The lowest BCUT2D eigenvalue weighted by molar-refractivity contribution is 0.0805. The first-order chi connectivity index (χ1) is 9.77. The Labute approximate surface area is 130 Å². The van der Waals surface area contributed by atoms with E-state index in [1.54, 1.807) is 0 Å². The molecule has 0 heterocycles. The molecule has 3 atom stereocenters. The number of rotatable bonds is 3. The fourth-order valence-corrected chi connectivity index (χ4v) is 3.68. The van der Waals surface area contributed by atoms with Crippen molar-refractivity contribution in [2.75, 3.05) is 7.05 Å². The molecule has 2 nitrogen and oxygen atoms in total. The van der Waals surface area contributed by atoms with Crippen molar-refractivity contribution in [3.63, 3.8) is 0 Å². The molecule has 2 heteroatoms. The third kappa shape index (κ3) is 4.31. The van der Waals surface area contributed by atoms with Crippen molar-refractivity contribution >= 4 is 0 Å². The van der Waals surface area contributed by atoms with Gasteiger partial charge < -0.3 is 5.73 Å². The molecule has 0 aromatic heterocycles. The van der Waals surface area contributed by atoms with E-state index < -0.39 is 0 Å². The Morgan fingerprint density at radius 2 is 1.95 bits per heavy atom. The van der Waals surface area contributed by atoms with Gasteiger partial charge in [-0.2, -0.15) is 0 Å². The Balaban J connectivity index is 2.04. The van der Waals surface area contributed by atoms with Gasteiger partial charge in [0.2, 0.25) is 0 Å². The molecule has 3 unspecified atom stereocenters. The Kier molecular flexibility index (Phi) is 5.11. The largest absolute Gasteiger partial charge is 0.326 e. The predicted octanol–water partition coefficient (Wildman–Crippen LogP) is 3.97. The van der Waals surface area contributed by atoms with Crippen LogP contribution in [0.15, 0.2) is 24.3 Å². The maximum absolute atomic E-state index is 6.43. The molecule has 2 rings (SSSR count). The van der Waals surface area contributed by atoms with E-state index >= 15 is 0 Å². The van der Waals surface area contributed by atoms with Gasteiger partial charge >= 0.3 is 0 Å². The Morgan fingerprint density at radius 3 is 2.57 bits per heavy atom. The maximum atomic E-state index is 6.43. The van der Waals surface area contributed by atoms with Crippen molar-refractivity contribution in [3.8, 4) is 0 Å². The highest BCUT2D eigenvalue weighted by Gasteiger charge is 2.36. The molecular weight excluding hydrogens is 256 g/mol. The summed E-state index contributed by atoms with van der Waals surface area (Å²) in [5.41, 5.74) is 9.54. The molecule has 0 saturated heterocycles. The predicted molar refractivity (Wildman–Crippen MR) is 91.2 cm³/mol. The van der Waals surface area contributed by atoms with Gasteiger partial charge in [-0.1, -0.05) is 50.6 Å². The molecule has 1 aromatic carbocycles. The number of aryl methyl sites for hydroxylation is 1. The fourth-order valence-electron chi connectivity index (χ4n) is 3.68. The van der Waals surface area contributed by atoms with E-state index in [2.05, 4.69) is 63.9 Å². The molecule has 21 heavy (non-hydrogen) atoms. The van der Waals surface area contributed by atoms with Crippen molar-refractivity contribution in [3.05, 3.63) is 35.4 Å². The van der Waals surface area contributed by atoms with Gasteiger partial charge in [0.05, 0.1) is 0 Å². The summed E-state index contributed by atoms with van der Waals surface area (Å²) in [7, 11) is 2.23. The van der Waals surface area contributed by atoms with Gasteiger partial charge in [0.15, 0.2) is 0 Å². The van der Waals surface area contributed by atoms with E-state index in [-0.39, 0.29) is 0 Å². The molecule has 0 aliphatic heterocycles. The standard InChI is InChI=1S/C19H32N2/c1-14-7-6-8-15(11-14)13-21(5)18-12-16(19(2,3)4)9-10-17(18)20/h6-8,11,16-18H,9-10,12-13,20H2,1-5H3. The molecule has 0 bridgehead atoms. The van der Waals surface area contributed by atoms with Crippen molar-refractivity contribution < 1.29 is 0 Å². The summed E-state index contributed by atoms with van der Waals surface area (Å²) in [6.45, 7) is 10.3. The molecular formula is C19H32N2. The molecule has 2 N–H and O–H groups in total. The zero-order chi connectivity index (χ0) is 15.6. The van der Waals surface area contributed by atoms with E-state index in [1.165, 1.54) is 24.0 Å². The Bertz CT molecular complexity index is 461. The maximum Gasteiger partial charge on any atom is 0.0250 e. The first-order valence-corrected chi connectivity index (χ1v) is 8.28. The topological polar surface area (TPSA) is 29.3 Å². The minimum Gasteiger partial charge on any atom is -0.326 e. The molecule has 0 radical (unpaired) electrons. The second-order valence-electron chi connectivity index (χ2n) is 8.01. The monoisotopic (exact) mass is 288 g/mol. The van der Waals surface area contributed by atoms with E-state index in [1.807, 2.05) is 0 Å². The van der Waals surface area contributed by atoms with Gasteiger partial charge in [0.1, 0.15) is 0 Å². The number of likely N-dealkylation sites (N-methyl/N-ethyl adjacent to an activating group) is 1. The summed E-state index contributed by atoms with van der Waals surface area (Å²) in [6, 6.07) is 9.63. The van der Waals surface area contributed by atoms with E-state index in [0.717, 1.165) is 18.9 Å². The van der Waals surface area contributed by atoms with Crippen LogP contribution in [-0.4, -0.2) is 24.0 Å². The third-order valence-electron chi connectivity index (χ3n) is 5.17. The summed E-state index contributed by atoms with van der Waals surface area (Å²) in [6.07, 6.45) is 3.66. The van der Waals surface area contributed by atoms with E-state index in [0.29, 0.717) is 17.5 Å². The highest BCUT2D eigenvalue weighted by molar-refractivity contribution is 5.22. The molecule has 0 spiro atoms. The summed E-state index contributed by atoms with van der Waals surface area (Å²) in [5.74, 6) is 0.780. The lowest BCUT2D eigenvalue weighted by atomic mass is 9.69. The quantitative estimate of drug-likeness (QED) is 0.912. The van der Waals surface area contributed by atoms with Crippen LogP contribution >= 0.6 is 0 Å². The van der Waals surface area contributed by atoms with Crippen LogP contribution in [0.25, 0.3) is 0 Å². The number of nitrogens with zero attached hydrogens (tertiary/aromatic N) is 1. The smallest absolute Gasteiger partial charge is 0.0250 e. The van der Waals surface area contributed by atoms with Crippen LogP contribution < -0.4 is 5.73 Å². The summed E-state index contributed by atoms with van der Waals surface area (Å²) in [5, 5.41) is 0. The number of nitrogens with two attached hydrogens (primary N) is 1. The normalized spacial score (nSPS) is 27.1. The van der Waals surface area contributed by atoms with Crippen LogP contribution in [0.5, 0.6) is 0 Å². The third-order valence-corrected chi connectivity index (χ3v) is 5.17. The van der Waals surface area contributed by atoms with Crippen molar-refractivity contribution in [2.45, 2.75) is 65.6 Å². The first kappa shape index (κ1) is 16.5. The molecule has 1 aliphatic carbocycles. The number of benzene rings is 1. The zero-order valence-electron chi connectivity index (χ0n) is 14.4. The van der Waals surface area contributed by atoms with Crippen molar-refractivity contribution in [1.29, 1.82) is 0 Å². The molecule has 1 aromatic rings. The van der Waals surface area contributed by atoms with Crippen molar-refractivity contribution in [1.82, 2.24) is 4.90 Å². The van der Waals surface area contributed by atoms with Gasteiger partial charge in [-0.05, 0) is 50.1 Å². The average Bonchev–Trinajstić information content (AvgIpc) is 2.37. The highest BCUT2D eigenvalue weighted by atomic mass is 15.1. The minimum atomic E-state index is 0.318. The Hall–Kier alpha value is -0.860. The van der Waals surface area contributed by atoms with Gasteiger partial charge in [-0.15, -0.1) is 0 Å². The van der Waals surface area contributed by atoms with Gasteiger partial charge in [0.25, 0.3) is 0 Å². The Morgan fingerprint density at radius 1 is 1.24 bits per heavy atom. The van der Waals surface area contributed by atoms with Crippen LogP contribution in [0.1, 0.15) is 51.2 Å². The summed E-state index contributed by atoms with van der Waals surface area (Å²) < 4.78 is 0. The highest BCUT2D eigenvalue weighted by Crippen LogP contribution is 2.38. The van der Waals surface area contributed by atoms with Gasteiger partial charge in [0, 0.05) is 18.6 Å². The number of hydrogen-bond acceptors (Lipinski definition) is 2. The first-order valence-electron chi connectivity index (χ1n) is 8.28. The second kappa shape index (κ2) is 6.50. The van der Waals surface area contributed by atoms with Crippen LogP contribution in [-0.2, 0) is 6.54 Å². The number of hydrogen-bond donors (Lipinski definition) is 1. The molecule has 1 fully saturated rings. The van der Waals surface area contributed by atoms with Gasteiger partial charge in [-0.3, -0.25) is 4.90 Å². The summed E-state index contributed by atoms with van der Waals surface area (Å²) in [4.78, 5) is 2.47. The zero-order valence-corrected chi connectivity index (χ0v) is 14.4.